The summed E-state index contributed by atoms with van der Waals surface area (Å²) in [5.74, 6) is 1.47. The van der Waals surface area contributed by atoms with Gasteiger partial charge in [-0.2, -0.15) is 0 Å². The number of aromatic nitrogens is 1. The predicted octanol–water partition coefficient (Wildman–Crippen LogP) is 2.97. The quantitative estimate of drug-likeness (QED) is 0.504. The lowest BCUT2D eigenvalue weighted by Gasteiger charge is -2.31. The zero-order chi connectivity index (χ0) is 22.1. The third kappa shape index (κ3) is 6.20. The van der Waals surface area contributed by atoms with Crippen LogP contribution in [0.4, 0.5) is 0 Å². The minimum atomic E-state index is -0.337. The number of hydrogen-bond donors (Lipinski definition) is 2. The van der Waals surface area contributed by atoms with Crippen molar-refractivity contribution in [3.05, 3.63) is 59.8 Å². The summed E-state index contributed by atoms with van der Waals surface area (Å²) in [7, 11) is 5.40. The molecule has 0 radical (unpaired) electrons. The molecule has 0 bridgehead atoms. The van der Waals surface area contributed by atoms with Gasteiger partial charge in [0.15, 0.2) is 5.96 Å². The highest BCUT2D eigenvalue weighted by Gasteiger charge is 2.42. The van der Waals surface area contributed by atoms with Gasteiger partial charge in [-0.3, -0.25) is 9.79 Å². The minimum Gasteiger partial charge on any atom is -0.473 e. The number of guanidine groups is 1. The van der Waals surface area contributed by atoms with Crippen molar-refractivity contribution in [2.24, 2.45) is 10.4 Å². The van der Waals surface area contributed by atoms with Crippen molar-refractivity contribution in [1.29, 1.82) is 0 Å². The smallest absolute Gasteiger partial charge is 0.230 e. The van der Waals surface area contributed by atoms with Crippen LogP contribution in [0.5, 0.6) is 5.88 Å². The largest absolute Gasteiger partial charge is 0.473 e. The van der Waals surface area contributed by atoms with Crippen LogP contribution in [0.1, 0.15) is 36.8 Å². The Balaban J connectivity index is 1.53. The maximum Gasteiger partial charge on any atom is 0.230 e. The molecule has 7 heteroatoms. The highest BCUT2D eigenvalue weighted by atomic mass is 16.5. The molecule has 0 atom stereocenters. The Labute approximate surface area is 184 Å². The number of carbonyl (C=O) groups excluding carboxylic acids is 1. The van der Waals surface area contributed by atoms with Crippen molar-refractivity contribution in [1.82, 2.24) is 20.5 Å². The summed E-state index contributed by atoms with van der Waals surface area (Å²) in [5.41, 5.74) is 1.81. The molecule has 0 unspecified atom stereocenters. The molecular formula is C24H33N5O2. The van der Waals surface area contributed by atoms with Gasteiger partial charge < -0.3 is 20.3 Å². The van der Waals surface area contributed by atoms with Crippen LogP contribution in [0, 0.1) is 5.41 Å². The molecule has 3 rings (SSSR count). The Morgan fingerprint density at radius 3 is 2.55 bits per heavy atom. The summed E-state index contributed by atoms with van der Waals surface area (Å²) in [6, 6.07) is 13.9. The molecule has 31 heavy (non-hydrogen) atoms. The van der Waals surface area contributed by atoms with Gasteiger partial charge in [-0.25, -0.2) is 4.98 Å². The number of rotatable bonds is 8. The molecule has 1 fully saturated rings. The van der Waals surface area contributed by atoms with Gasteiger partial charge in [-0.05, 0) is 30.0 Å². The standard InChI is InChI=1S/C24H33N5O2/c1-25-23(28-18-24(12-7-8-13-24)22(30)29(2)3)27-16-20-11-14-26-21(15-20)31-17-19-9-5-4-6-10-19/h4-6,9-11,14-15H,7-8,12-13,16-18H2,1-3H3,(H2,25,27,28). The van der Waals surface area contributed by atoms with E-state index in [0.717, 1.165) is 36.8 Å². The average molecular weight is 424 g/mol. The van der Waals surface area contributed by atoms with Crippen LogP contribution >= 0.6 is 0 Å². The fourth-order valence-electron chi connectivity index (χ4n) is 4.02. The van der Waals surface area contributed by atoms with Crippen molar-refractivity contribution in [3.63, 3.8) is 0 Å². The number of ether oxygens (including phenoxy) is 1. The Morgan fingerprint density at radius 1 is 1.13 bits per heavy atom. The summed E-state index contributed by atoms with van der Waals surface area (Å²) < 4.78 is 5.82. The van der Waals surface area contributed by atoms with Crippen LogP contribution in [0.3, 0.4) is 0 Å². The van der Waals surface area contributed by atoms with Crippen LogP contribution in [-0.4, -0.2) is 49.4 Å². The molecule has 1 amide bonds. The molecule has 166 valence electrons. The molecule has 0 spiro atoms. The van der Waals surface area contributed by atoms with Crippen molar-refractivity contribution < 1.29 is 9.53 Å². The van der Waals surface area contributed by atoms with Crippen LogP contribution < -0.4 is 15.4 Å². The first-order chi connectivity index (χ1) is 15.0. The summed E-state index contributed by atoms with van der Waals surface area (Å²) in [6.45, 7) is 1.65. The van der Waals surface area contributed by atoms with E-state index in [1.807, 2.05) is 56.6 Å². The zero-order valence-electron chi connectivity index (χ0n) is 18.7. The molecule has 1 aliphatic rings. The SMILES string of the molecule is CN=C(NCc1ccnc(OCc2ccccc2)c1)NCC1(C(=O)N(C)C)CCCC1. The van der Waals surface area contributed by atoms with E-state index >= 15 is 0 Å². The Bertz CT molecular complexity index is 877. The Hall–Kier alpha value is -3.09. The highest BCUT2D eigenvalue weighted by molar-refractivity contribution is 5.85. The number of pyridine rings is 1. The Kier molecular flexibility index (Phi) is 7.87. The van der Waals surface area contributed by atoms with Crippen molar-refractivity contribution in [3.8, 4) is 5.88 Å². The molecule has 7 nitrogen and oxygen atoms in total. The van der Waals surface area contributed by atoms with E-state index in [9.17, 15) is 4.79 Å². The molecule has 1 aromatic heterocycles. The van der Waals surface area contributed by atoms with Gasteiger partial charge in [0, 0.05) is 46.5 Å². The number of aliphatic imine (C=N–C) groups is 1. The fraction of sp³-hybridized carbons (Fsp3) is 0.458. The third-order valence-electron chi connectivity index (χ3n) is 5.73. The first kappa shape index (κ1) is 22.6. The molecule has 2 aromatic rings. The Morgan fingerprint density at radius 2 is 1.87 bits per heavy atom. The van der Waals surface area contributed by atoms with Crippen molar-refractivity contribution >= 4 is 11.9 Å². The normalized spacial score (nSPS) is 15.4. The van der Waals surface area contributed by atoms with Gasteiger partial charge in [-0.1, -0.05) is 43.2 Å². The maximum atomic E-state index is 12.8. The molecule has 0 aliphatic heterocycles. The first-order valence-electron chi connectivity index (χ1n) is 10.8. The number of amides is 1. The highest BCUT2D eigenvalue weighted by Crippen LogP contribution is 2.38. The van der Waals surface area contributed by atoms with E-state index in [4.69, 9.17) is 4.74 Å². The van der Waals surface area contributed by atoms with Crippen LogP contribution in [-0.2, 0) is 17.9 Å². The van der Waals surface area contributed by atoms with Crippen LogP contribution in [0.2, 0.25) is 0 Å². The molecule has 1 heterocycles. The number of benzene rings is 1. The number of nitrogens with zero attached hydrogens (tertiary/aromatic N) is 3. The summed E-state index contributed by atoms with van der Waals surface area (Å²) in [5, 5.41) is 6.69. The molecule has 1 aliphatic carbocycles. The second-order valence-electron chi connectivity index (χ2n) is 8.24. The zero-order valence-corrected chi connectivity index (χ0v) is 18.7. The first-order valence-corrected chi connectivity index (χ1v) is 10.8. The van der Waals surface area contributed by atoms with Gasteiger partial charge in [0.1, 0.15) is 6.61 Å². The summed E-state index contributed by atoms with van der Waals surface area (Å²) in [6.07, 6.45) is 5.77. The molecule has 2 N–H and O–H groups in total. The van der Waals surface area contributed by atoms with E-state index in [-0.39, 0.29) is 11.3 Å². The van der Waals surface area contributed by atoms with Gasteiger partial charge >= 0.3 is 0 Å². The van der Waals surface area contributed by atoms with Crippen molar-refractivity contribution in [2.75, 3.05) is 27.7 Å². The van der Waals surface area contributed by atoms with Crippen LogP contribution in [0.15, 0.2) is 53.7 Å². The van der Waals surface area contributed by atoms with Gasteiger partial charge in [0.25, 0.3) is 0 Å². The molecule has 0 saturated heterocycles. The van der Waals surface area contributed by atoms with E-state index < -0.39 is 0 Å². The summed E-state index contributed by atoms with van der Waals surface area (Å²) >= 11 is 0. The predicted molar refractivity (Wildman–Crippen MR) is 123 cm³/mol. The van der Waals surface area contributed by atoms with Crippen molar-refractivity contribution in [2.45, 2.75) is 38.8 Å². The number of hydrogen-bond acceptors (Lipinski definition) is 4. The fourth-order valence-corrected chi connectivity index (χ4v) is 4.02. The molecule has 1 aromatic carbocycles. The third-order valence-corrected chi connectivity index (χ3v) is 5.73. The minimum absolute atomic E-state index is 0.197. The van der Waals surface area contributed by atoms with Gasteiger partial charge in [0.2, 0.25) is 11.8 Å². The topological polar surface area (TPSA) is 78.9 Å². The number of nitrogens with one attached hydrogen (secondary N) is 2. The van der Waals surface area contributed by atoms with E-state index in [0.29, 0.717) is 31.5 Å². The second-order valence-corrected chi connectivity index (χ2v) is 8.24. The van der Waals surface area contributed by atoms with E-state index in [1.54, 1.807) is 18.1 Å². The number of carbonyl (C=O) groups is 1. The monoisotopic (exact) mass is 423 g/mol. The second kappa shape index (κ2) is 10.8. The molecule has 1 saturated carbocycles. The lowest BCUT2D eigenvalue weighted by atomic mass is 9.84. The average Bonchev–Trinajstić information content (AvgIpc) is 3.28. The maximum absolute atomic E-state index is 12.8. The van der Waals surface area contributed by atoms with Gasteiger partial charge in [-0.15, -0.1) is 0 Å². The lowest BCUT2D eigenvalue weighted by Crippen LogP contribution is -2.49. The summed E-state index contributed by atoms with van der Waals surface area (Å²) in [4.78, 5) is 23.1. The molecular weight excluding hydrogens is 390 g/mol. The van der Waals surface area contributed by atoms with Crippen LogP contribution in [0.25, 0.3) is 0 Å². The lowest BCUT2D eigenvalue weighted by molar-refractivity contribution is -0.138. The van der Waals surface area contributed by atoms with E-state index in [2.05, 4.69) is 20.6 Å². The van der Waals surface area contributed by atoms with E-state index in [1.165, 1.54) is 0 Å². The van der Waals surface area contributed by atoms with Gasteiger partial charge in [0.05, 0.1) is 5.41 Å².